The van der Waals surface area contributed by atoms with Gasteiger partial charge in [0.25, 0.3) is 5.91 Å². The lowest BCUT2D eigenvalue weighted by Gasteiger charge is -2.20. The molecule has 0 atom stereocenters. The van der Waals surface area contributed by atoms with Crippen LogP contribution >= 0.6 is 0 Å². The molecule has 0 aliphatic carbocycles. The molecule has 0 bridgehead atoms. The Labute approximate surface area is 165 Å². The molecule has 0 unspecified atom stereocenters. The zero-order valence-electron chi connectivity index (χ0n) is 16.5. The van der Waals surface area contributed by atoms with Crippen LogP contribution in [0.25, 0.3) is 10.9 Å². The van der Waals surface area contributed by atoms with Gasteiger partial charge in [-0.2, -0.15) is 0 Å². The molecule has 4 rings (SSSR count). The second kappa shape index (κ2) is 7.60. The number of aryl methyl sites for hydroxylation is 1. The van der Waals surface area contributed by atoms with Crippen LogP contribution in [0.2, 0.25) is 0 Å². The van der Waals surface area contributed by atoms with Crippen molar-refractivity contribution >= 4 is 16.8 Å². The first kappa shape index (κ1) is 18.4. The van der Waals surface area contributed by atoms with Gasteiger partial charge in [-0.25, -0.2) is 4.98 Å². The van der Waals surface area contributed by atoms with Gasteiger partial charge in [-0.15, -0.1) is 0 Å². The molecule has 0 fully saturated rings. The number of carbonyl (C=O) groups excluding carboxylic acids is 1. The number of nitrogens with zero attached hydrogens (tertiary/aromatic N) is 2. The summed E-state index contributed by atoms with van der Waals surface area (Å²) >= 11 is 0. The molecular weight excluding hydrogens is 350 g/mol. The zero-order chi connectivity index (χ0) is 19.7. The summed E-state index contributed by atoms with van der Waals surface area (Å²) in [5.74, 6) is 0.434. The lowest BCUT2D eigenvalue weighted by atomic mass is 10.1. The van der Waals surface area contributed by atoms with Crippen molar-refractivity contribution in [3.63, 3.8) is 0 Å². The van der Waals surface area contributed by atoms with Crippen LogP contribution in [0.3, 0.4) is 0 Å². The Morgan fingerprint density at radius 2 is 1.75 bits per heavy atom. The normalized spacial score (nSPS) is 13.7. The maximum absolute atomic E-state index is 13.0. The summed E-state index contributed by atoms with van der Waals surface area (Å²) in [5.41, 5.74) is 4.75. The van der Waals surface area contributed by atoms with Gasteiger partial charge in [0.05, 0.1) is 16.8 Å². The van der Waals surface area contributed by atoms with E-state index in [1.807, 2.05) is 45.0 Å². The number of ether oxygens (including phenoxy) is 1. The number of fused-ring (bicyclic) bond motifs is 2. The Hall–Kier alpha value is -2.92. The van der Waals surface area contributed by atoms with E-state index in [0.29, 0.717) is 18.0 Å². The highest BCUT2D eigenvalue weighted by Gasteiger charge is 2.23. The van der Waals surface area contributed by atoms with Crippen LogP contribution in [-0.4, -0.2) is 28.6 Å². The van der Waals surface area contributed by atoms with Crippen LogP contribution in [0, 0.1) is 6.92 Å². The van der Waals surface area contributed by atoms with Gasteiger partial charge in [0.15, 0.2) is 5.75 Å². The highest BCUT2D eigenvalue weighted by atomic mass is 16.5. The van der Waals surface area contributed by atoms with Crippen LogP contribution in [-0.2, 0) is 13.1 Å². The van der Waals surface area contributed by atoms with Crippen molar-refractivity contribution in [3.8, 4) is 5.75 Å². The third-order valence-corrected chi connectivity index (χ3v) is 4.96. The average Bonchev–Trinajstić information content (AvgIpc) is 3.08. The van der Waals surface area contributed by atoms with Gasteiger partial charge in [-0.1, -0.05) is 42.5 Å². The smallest absolute Gasteiger partial charge is 0.256 e. The van der Waals surface area contributed by atoms with Crippen molar-refractivity contribution in [1.29, 1.82) is 0 Å². The first-order valence-electron chi connectivity index (χ1n) is 9.65. The lowest BCUT2D eigenvalue weighted by molar-refractivity contribution is 0.0926. The summed E-state index contributed by atoms with van der Waals surface area (Å²) in [6.45, 7) is 7.92. The highest BCUT2D eigenvalue weighted by molar-refractivity contribution is 6.08. The first-order chi connectivity index (χ1) is 13.5. The molecule has 1 N–H and O–H groups in total. The molecule has 1 aliphatic heterocycles. The molecule has 3 aromatic rings. The number of rotatable bonds is 5. The van der Waals surface area contributed by atoms with Gasteiger partial charge in [0.2, 0.25) is 0 Å². The maximum Gasteiger partial charge on any atom is 0.256 e. The predicted octanol–water partition coefficient (Wildman–Crippen LogP) is 4.03. The van der Waals surface area contributed by atoms with E-state index in [-0.39, 0.29) is 11.9 Å². The van der Waals surface area contributed by atoms with Gasteiger partial charge in [-0.3, -0.25) is 9.69 Å². The number of amides is 1. The second-order valence-corrected chi connectivity index (χ2v) is 7.58. The van der Waals surface area contributed by atoms with Crippen LogP contribution in [0.5, 0.6) is 5.75 Å². The molecule has 2 heterocycles. The number of hydrogen-bond donors (Lipinski definition) is 1. The zero-order valence-corrected chi connectivity index (χ0v) is 16.5. The topological polar surface area (TPSA) is 54.5 Å². The van der Waals surface area contributed by atoms with E-state index in [4.69, 9.17) is 4.74 Å². The van der Waals surface area contributed by atoms with Crippen molar-refractivity contribution in [1.82, 2.24) is 15.2 Å². The molecule has 144 valence electrons. The van der Waals surface area contributed by atoms with Crippen molar-refractivity contribution in [2.75, 3.05) is 6.73 Å². The van der Waals surface area contributed by atoms with Crippen molar-refractivity contribution in [2.45, 2.75) is 39.9 Å². The molecule has 5 heteroatoms. The summed E-state index contributed by atoms with van der Waals surface area (Å²) in [6.07, 6.45) is 0. The Morgan fingerprint density at radius 3 is 2.43 bits per heavy atom. The molecule has 0 saturated heterocycles. The van der Waals surface area contributed by atoms with E-state index in [1.54, 1.807) is 0 Å². The molecule has 5 nitrogen and oxygen atoms in total. The predicted molar refractivity (Wildman–Crippen MR) is 110 cm³/mol. The van der Waals surface area contributed by atoms with E-state index in [1.165, 1.54) is 11.1 Å². The van der Waals surface area contributed by atoms with Crippen LogP contribution < -0.4 is 10.1 Å². The largest absolute Gasteiger partial charge is 0.475 e. The molecule has 0 saturated carbocycles. The monoisotopic (exact) mass is 375 g/mol. The fourth-order valence-corrected chi connectivity index (χ4v) is 3.70. The van der Waals surface area contributed by atoms with E-state index >= 15 is 0 Å². The molecule has 1 aliphatic rings. The molecule has 1 amide bonds. The fraction of sp³-hybridized carbons (Fsp3) is 0.304. The van der Waals surface area contributed by atoms with Gasteiger partial charge in [-0.05, 0) is 38.0 Å². The van der Waals surface area contributed by atoms with E-state index in [2.05, 4.69) is 39.5 Å². The van der Waals surface area contributed by atoms with Gasteiger partial charge in [0.1, 0.15) is 6.73 Å². The third kappa shape index (κ3) is 3.58. The number of benzene rings is 2. The van der Waals surface area contributed by atoms with Gasteiger partial charge in [0, 0.05) is 24.5 Å². The molecule has 28 heavy (non-hydrogen) atoms. The lowest BCUT2D eigenvalue weighted by Crippen LogP contribution is -2.31. The van der Waals surface area contributed by atoms with Crippen molar-refractivity contribution in [2.24, 2.45) is 0 Å². The standard InChI is InChI=1S/C23H25N3O2/c1-15(2)24-23(27)21-19-10-6-7-11-20(19)25-16(3)22(21)28-14-26-12-17-8-4-5-9-18(17)13-26/h4-11,15H,12-14H2,1-3H3,(H,24,27). The number of pyridine rings is 1. The Kier molecular flexibility index (Phi) is 5.01. The summed E-state index contributed by atoms with van der Waals surface area (Å²) in [6, 6.07) is 16.2. The number of carbonyl (C=O) groups is 1. The van der Waals surface area contributed by atoms with Crippen molar-refractivity contribution < 1.29 is 9.53 Å². The summed E-state index contributed by atoms with van der Waals surface area (Å²) < 4.78 is 6.20. The minimum absolute atomic E-state index is 0.0423. The SMILES string of the molecule is Cc1nc2ccccc2c(C(=O)NC(C)C)c1OCN1Cc2ccccc2C1. The minimum Gasteiger partial charge on any atom is -0.475 e. The first-order valence-corrected chi connectivity index (χ1v) is 9.65. The third-order valence-electron chi connectivity index (χ3n) is 4.96. The molecular formula is C23H25N3O2. The summed E-state index contributed by atoms with van der Waals surface area (Å²) in [5, 5.41) is 3.81. The van der Waals surface area contributed by atoms with Crippen LogP contribution in [0.4, 0.5) is 0 Å². The number of aromatic nitrogens is 1. The van der Waals surface area contributed by atoms with Crippen molar-refractivity contribution in [3.05, 3.63) is 70.9 Å². The summed E-state index contributed by atoms with van der Waals surface area (Å²) in [4.78, 5) is 19.9. The number of nitrogens with one attached hydrogen (secondary N) is 1. The van der Waals surface area contributed by atoms with E-state index in [9.17, 15) is 4.79 Å². The quantitative estimate of drug-likeness (QED) is 0.731. The Balaban J connectivity index is 1.64. The maximum atomic E-state index is 13.0. The second-order valence-electron chi connectivity index (χ2n) is 7.58. The number of hydrogen-bond acceptors (Lipinski definition) is 4. The molecule has 1 aromatic heterocycles. The molecule has 0 radical (unpaired) electrons. The Bertz CT molecular complexity index is 1000. The van der Waals surface area contributed by atoms with Crippen LogP contribution in [0.15, 0.2) is 48.5 Å². The summed E-state index contributed by atoms with van der Waals surface area (Å²) in [7, 11) is 0. The van der Waals surface area contributed by atoms with Gasteiger partial charge >= 0.3 is 0 Å². The number of para-hydroxylation sites is 1. The van der Waals surface area contributed by atoms with E-state index in [0.717, 1.165) is 29.7 Å². The fourth-order valence-electron chi connectivity index (χ4n) is 3.70. The molecule has 2 aromatic carbocycles. The average molecular weight is 375 g/mol. The Morgan fingerprint density at radius 1 is 1.11 bits per heavy atom. The van der Waals surface area contributed by atoms with E-state index < -0.39 is 0 Å². The van der Waals surface area contributed by atoms with Crippen LogP contribution in [0.1, 0.15) is 41.0 Å². The highest BCUT2D eigenvalue weighted by Crippen LogP contribution is 2.31. The minimum atomic E-state index is -0.128. The molecule has 0 spiro atoms. The van der Waals surface area contributed by atoms with Gasteiger partial charge < -0.3 is 10.1 Å².